The zero-order valence-electron chi connectivity index (χ0n) is 15.9. The molecule has 6 rings (SSSR count). The molecular formula is C23H29ClN2. The predicted molar refractivity (Wildman–Crippen MR) is 102 cm³/mol. The van der Waals surface area contributed by atoms with Crippen molar-refractivity contribution >= 4 is 11.4 Å². The molecule has 1 aromatic carbocycles. The van der Waals surface area contributed by atoms with E-state index >= 15 is 0 Å². The van der Waals surface area contributed by atoms with Gasteiger partial charge in [-0.3, -0.25) is 0 Å². The molecule has 26 heavy (non-hydrogen) atoms. The Balaban J connectivity index is 0.00000168. The number of benzene rings is 1. The van der Waals surface area contributed by atoms with Gasteiger partial charge in [-0.2, -0.15) is 4.57 Å². The molecule has 4 aliphatic carbocycles. The number of nitrogens with zero attached hydrogens (tertiary/aromatic N) is 2. The van der Waals surface area contributed by atoms with E-state index < -0.39 is 0 Å². The van der Waals surface area contributed by atoms with E-state index in [0.717, 1.165) is 17.8 Å². The molecule has 4 saturated carbocycles. The second-order valence-electron chi connectivity index (χ2n) is 9.00. The smallest absolute Gasteiger partial charge is 0.171 e. The maximum absolute atomic E-state index is 2.57. The lowest BCUT2D eigenvalue weighted by Gasteiger charge is -2.53. The monoisotopic (exact) mass is 368 g/mol. The molecule has 138 valence electrons. The Hall–Kier alpha value is -1.54. The molecule has 0 spiro atoms. The van der Waals surface area contributed by atoms with Gasteiger partial charge in [-0.05, 0) is 56.1 Å². The number of halogens is 1. The van der Waals surface area contributed by atoms with Crippen molar-refractivity contribution in [3.63, 3.8) is 0 Å². The lowest BCUT2D eigenvalue weighted by molar-refractivity contribution is -0.776. The van der Waals surface area contributed by atoms with E-state index in [4.69, 9.17) is 0 Å². The fourth-order valence-corrected chi connectivity index (χ4v) is 6.26. The molecule has 2 nitrogen and oxygen atoms in total. The highest BCUT2D eigenvalue weighted by Crippen LogP contribution is 2.56. The first kappa shape index (κ1) is 17.9. The SMILES string of the molecule is Cc1ccc(N(C)c2cc[n+](C34CC5CC(CC(C5)C3)C4)cc2)cc1.[Cl-]. The van der Waals surface area contributed by atoms with Crippen LogP contribution in [-0.4, -0.2) is 7.05 Å². The summed E-state index contributed by atoms with van der Waals surface area (Å²) in [5, 5.41) is 0. The summed E-state index contributed by atoms with van der Waals surface area (Å²) in [6, 6.07) is 13.4. The minimum atomic E-state index is 0. The van der Waals surface area contributed by atoms with E-state index in [1.807, 2.05) is 0 Å². The summed E-state index contributed by atoms with van der Waals surface area (Å²) >= 11 is 0. The zero-order valence-corrected chi connectivity index (χ0v) is 16.6. The van der Waals surface area contributed by atoms with Gasteiger partial charge in [0, 0.05) is 44.1 Å². The second-order valence-corrected chi connectivity index (χ2v) is 9.00. The number of aromatic nitrogens is 1. The molecule has 0 atom stereocenters. The first-order valence-corrected chi connectivity index (χ1v) is 9.93. The van der Waals surface area contributed by atoms with Crippen LogP contribution in [0, 0.1) is 24.7 Å². The molecule has 3 heteroatoms. The molecule has 0 N–H and O–H groups in total. The summed E-state index contributed by atoms with van der Waals surface area (Å²) in [6.45, 7) is 2.14. The van der Waals surface area contributed by atoms with Gasteiger partial charge in [0.2, 0.25) is 0 Å². The van der Waals surface area contributed by atoms with E-state index in [9.17, 15) is 0 Å². The van der Waals surface area contributed by atoms with Gasteiger partial charge < -0.3 is 17.3 Å². The lowest BCUT2D eigenvalue weighted by Crippen LogP contribution is -3.00. The summed E-state index contributed by atoms with van der Waals surface area (Å²) in [5.41, 5.74) is 4.25. The van der Waals surface area contributed by atoms with Gasteiger partial charge in [0.25, 0.3) is 0 Å². The quantitative estimate of drug-likeness (QED) is 0.751. The number of hydrogen-bond donors (Lipinski definition) is 0. The van der Waals surface area contributed by atoms with E-state index in [1.54, 1.807) is 0 Å². The van der Waals surface area contributed by atoms with Crippen molar-refractivity contribution in [2.45, 2.75) is 51.0 Å². The molecule has 4 fully saturated rings. The van der Waals surface area contributed by atoms with Crippen LogP contribution in [0.1, 0.15) is 44.1 Å². The molecule has 0 radical (unpaired) electrons. The molecule has 1 heterocycles. The van der Waals surface area contributed by atoms with Gasteiger partial charge >= 0.3 is 0 Å². The predicted octanol–water partition coefficient (Wildman–Crippen LogP) is 1.98. The fraction of sp³-hybridized carbons (Fsp3) is 0.522. The second kappa shape index (κ2) is 6.56. The van der Waals surface area contributed by atoms with Crippen LogP contribution in [0.3, 0.4) is 0 Å². The number of rotatable bonds is 3. The summed E-state index contributed by atoms with van der Waals surface area (Å²) in [7, 11) is 2.16. The first-order valence-electron chi connectivity index (χ1n) is 9.93. The van der Waals surface area contributed by atoms with Crippen LogP contribution in [0.15, 0.2) is 48.8 Å². The Labute approximate surface area is 163 Å². The normalized spacial score (nSPS) is 31.5. The fourth-order valence-electron chi connectivity index (χ4n) is 6.26. The van der Waals surface area contributed by atoms with Crippen molar-refractivity contribution in [2.24, 2.45) is 17.8 Å². The van der Waals surface area contributed by atoms with Gasteiger partial charge in [-0.15, -0.1) is 0 Å². The number of aryl methyl sites for hydroxylation is 1. The average molecular weight is 369 g/mol. The van der Waals surface area contributed by atoms with Crippen molar-refractivity contribution in [2.75, 3.05) is 11.9 Å². The van der Waals surface area contributed by atoms with Crippen molar-refractivity contribution in [1.82, 2.24) is 0 Å². The highest BCUT2D eigenvalue weighted by atomic mass is 35.5. The number of pyridine rings is 1. The summed E-state index contributed by atoms with van der Waals surface area (Å²) in [4.78, 5) is 2.28. The van der Waals surface area contributed by atoms with Gasteiger partial charge in [-0.1, -0.05) is 17.7 Å². The van der Waals surface area contributed by atoms with Crippen LogP contribution in [0.2, 0.25) is 0 Å². The Bertz CT molecular complexity index is 731. The molecule has 4 aliphatic rings. The van der Waals surface area contributed by atoms with Gasteiger partial charge in [0.1, 0.15) is 0 Å². The highest BCUT2D eigenvalue weighted by Gasteiger charge is 2.56. The molecule has 0 aliphatic heterocycles. The Morgan fingerprint density at radius 1 is 0.808 bits per heavy atom. The molecule has 0 amide bonds. The summed E-state index contributed by atoms with van der Waals surface area (Å²) < 4.78 is 2.57. The average Bonchev–Trinajstić information content (AvgIpc) is 2.61. The van der Waals surface area contributed by atoms with E-state index in [1.165, 1.54) is 55.5 Å². The third-order valence-corrected chi connectivity index (χ3v) is 7.17. The molecular weight excluding hydrogens is 340 g/mol. The van der Waals surface area contributed by atoms with E-state index in [2.05, 4.69) is 72.2 Å². The summed E-state index contributed by atoms with van der Waals surface area (Å²) in [6.07, 6.45) is 13.5. The van der Waals surface area contributed by atoms with Crippen molar-refractivity contribution in [1.29, 1.82) is 0 Å². The Morgan fingerprint density at radius 2 is 1.27 bits per heavy atom. The van der Waals surface area contributed by atoms with Crippen LogP contribution >= 0.6 is 0 Å². The molecule has 0 saturated heterocycles. The minimum Gasteiger partial charge on any atom is -1.00 e. The standard InChI is InChI=1S/C23H29N2.ClH/c1-17-3-5-21(6-4-17)24(2)22-7-9-25(10-8-22)23-14-18-11-19(15-23)13-20(12-18)16-23;/h3-10,18-20H,11-16H2,1-2H3;1H/q+1;/p-1. The maximum Gasteiger partial charge on any atom is 0.171 e. The number of hydrogen-bond acceptors (Lipinski definition) is 1. The molecule has 2 aromatic rings. The van der Waals surface area contributed by atoms with Gasteiger partial charge in [0.05, 0.1) is 5.69 Å². The zero-order chi connectivity index (χ0) is 17.0. The van der Waals surface area contributed by atoms with Crippen molar-refractivity contribution < 1.29 is 17.0 Å². The Kier molecular flexibility index (Phi) is 4.51. The minimum absolute atomic E-state index is 0. The van der Waals surface area contributed by atoms with Gasteiger partial charge in [-0.25, -0.2) is 0 Å². The first-order chi connectivity index (χ1) is 12.1. The largest absolute Gasteiger partial charge is 1.00 e. The third kappa shape index (κ3) is 2.93. The number of anilines is 2. The van der Waals surface area contributed by atoms with Crippen LogP contribution in [0.5, 0.6) is 0 Å². The molecule has 4 bridgehead atoms. The third-order valence-electron chi connectivity index (χ3n) is 7.17. The highest BCUT2D eigenvalue weighted by molar-refractivity contribution is 5.61. The molecule has 0 unspecified atom stereocenters. The van der Waals surface area contributed by atoms with Crippen LogP contribution in [0.4, 0.5) is 11.4 Å². The van der Waals surface area contributed by atoms with Crippen molar-refractivity contribution in [3.8, 4) is 0 Å². The van der Waals surface area contributed by atoms with Crippen LogP contribution in [0.25, 0.3) is 0 Å². The molecule has 1 aromatic heterocycles. The summed E-state index contributed by atoms with van der Waals surface area (Å²) in [5.74, 6) is 2.98. The lowest BCUT2D eigenvalue weighted by atomic mass is 9.53. The van der Waals surface area contributed by atoms with E-state index in [-0.39, 0.29) is 12.4 Å². The van der Waals surface area contributed by atoms with Crippen LogP contribution < -0.4 is 21.9 Å². The van der Waals surface area contributed by atoms with Crippen molar-refractivity contribution in [3.05, 3.63) is 54.4 Å². The Morgan fingerprint density at radius 3 is 1.77 bits per heavy atom. The topological polar surface area (TPSA) is 7.12 Å². The maximum atomic E-state index is 2.57. The van der Waals surface area contributed by atoms with E-state index in [0.29, 0.717) is 5.54 Å². The van der Waals surface area contributed by atoms with Crippen LogP contribution in [-0.2, 0) is 5.54 Å². The van der Waals surface area contributed by atoms with Gasteiger partial charge in [0.15, 0.2) is 17.9 Å².